The average Bonchev–Trinajstić information content (AvgIpc) is 2.34. The van der Waals surface area contributed by atoms with Gasteiger partial charge in [-0.15, -0.1) is 0 Å². The Morgan fingerprint density at radius 1 is 1.41 bits per heavy atom. The maximum Gasteiger partial charge on any atom is 0.252 e. The van der Waals surface area contributed by atoms with Gasteiger partial charge in [-0.3, -0.25) is 4.79 Å². The van der Waals surface area contributed by atoms with Gasteiger partial charge >= 0.3 is 0 Å². The number of rotatable bonds is 7. The molecule has 0 spiro atoms. The molecule has 1 amide bonds. The molecule has 0 unspecified atom stereocenters. The van der Waals surface area contributed by atoms with Gasteiger partial charge < -0.3 is 5.32 Å². The predicted molar refractivity (Wildman–Crippen MR) is 76.5 cm³/mol. The summed E-state index contributed by atoms with van der Waals surface area (Å²) in [7, 11) is 0. The molecule has 0 atom stereocenters. The summed E-state index contributed by atoms with van der Waals surface area (Å²) < 4.78 is 0.742. The summed E-state index contributed by atoms with van der Waals surface area (Å²) in [6.07, 6.45) is 7.11. The number of aromatic nitrogens is 1. The number of nitrogens with zero attached hydrogens (tertiary/aromatic N) is 1. The third kappa shape index (κ3) is 6.07. The Balaban J connectivity index is 2.19. The molecule has 0 aliphatic heterocycles. The molecule has 0 fully saturated rings. The van der Waals surface area contributed by atoms with Crippen LogP contribution in [0.5, 0.6) is 0 Å². The number of unbranched alkanes of at least 4 members (excludes halogenated alkanes) is 2. The van der Waals surface area contributed by atoms with Crippen LogP contribution in [0.15, 0.2) is 22.9 Å². The van der Waals surface area contributed by atoms with Crippen molar-refractivity contribution in [3.05, 3.63) is 28.5 Å². The van der Waals surface area contributed by atoms with Gasteiger partial charge in [0.05, 0.1) is 5.56 Å². The Labute approximate surface area is 115 Å². The molecule has 17 heavy (non-hydrogen) atoms. The Kier molecular flexibility index (Phi) is 7.28. The highest BCUT2D eigenvalue weighted by atomic mass is 79.9. The molecule has 0 bridgehead atoms. The number of halogens is 1. The molecule has 0 aliphatic rings. The lowest BCUT2D eigenvalue weighted by Gasteiger charge is -2.04. The summed E-state index contributed by atoms with van der Waals surface area (Å²) in [4.78, 5) is 15.7. The number of pyridine rings is 1. The molecule has 0 aromatic carbocycles. The molecule has 0 aliphatic carbocycles. The summed E-state index contributed by atoms with van der Waals surface area (Å²) in [5.74, 6) is 1.15. The van der Waals surface area contributed by atoms with Crippen LogP contribution in [0.25, 0.3) is 0 Å². The largest absolute Gasteiger partial charge is 0.352 e. The van der Waals surface area contributed by atoms with Crippen molar-refractivity contribution < 1.29 is 4.79 Å². The quantitative estimate of drug-likeness (QED) is 0.621. The van der Waals surface area contributed by atoms with E-state index in [-0.39, 0.29) is 5.91 Å². The number of carbonyl (C=O) groups excluding carboxylic acids is 1. The van der Waals surface area contributed by atoms with Crippen LogP contribution in [0.2, 0.25) is 0 Å². The molecule has 1 N–H and O–H groups in total. The van der Waals surface area contributed by atoms with Crippen LogP contribution in [0.3, 0.4) is 0 Å². The van der Waals surface area contributed by atoms with E-state index in [4.69, 9.17) is 0 Å². The second kappa shape index (κ2) is 8.53. The zero-order valence-corrected chi connectivity index (χ0v) is 12.3. The molecule has 5 heteroatoms. The predicted octanol–water partition coefficient (Wildman–Crippen LogP) is 3.11. The summed E-state index contributed by atoms with van der Waals surface area (Å²) >= 11 is 5.10. The minimum atomic E-state index is -0.0464. The van der Waals surface area contributed by atoms with Crippen LogP contribution in [0.1, 0.15) is 29.6 Å². The molecular weight excluding hydrogens is 300 g/mol. The van der Waals surface area contributed by atoms with Crippen molar-refractivity contribution in [2.24, 2.45) is 0 Å². The molecule has 0 radical (unpaired) electrons. The van der Waals surface area contributed by atoms with Gasteiger partial charge in [-0.2, -0.15) is 11.8 Å². The van der Waals surface area contributed by atoms with Crippen molar-refractivity contribution in [1.82, 2.24) is 10.3 Å². The molecule has 1 aromatic rings. The smallest absolute Gasteiger partial charge is 0.252 e. The molecule has 1 heterocycles. The molecule has 0 saturated carbocycles. The Hall–Kier alpha value is -0.550. The van der Waals surface area contributed by atoms with E-state index in [9.17, 15) is 4.79 Å². The zero-order valence-electron chi connectivity index (χ0n) is 9.91. The number of hydrogen-bond acceptors (Lipinski definition) is 3. The van der Waals surface area contributed by atoms with Gasteiger partial charge in [0.15, 0.2) is 0 Å². The van der Waals surface area contributed by atoms with E-state index in [2.05, 4.69) is 32.5 Å². The third-order valence-corrected chi connectivity index (χ3v) is 3.47. The summed E-state index contributed by atoms with van der Waals surface area (Å²) in [5, 5.41) is 2.89. The Morgan fingerprint density at radius 3 is 2.88 bits per heavy atom. The van der Waals surface area contributed by atoms with E-state index in [1.165, 1.54) is 18.6 Å². The molecular formula is C12H17BrN2OS. The van der Waals surface area contributed by atoms with Crippen molar-refractivity contribution in [3.8, 4) is 0 Å². The lowest BCUT2D eigenvalue weighted by atomic mass is 10.2. The van der Waals surface area contributed by atoms with E-state index >= 15 is 0 Å². The van der Waals surface area contributed by atoms with E-state index in [0.717, 1.165) is 17.6 Å². The zero-order chi connectivity index (χ0) is 12.5. The number of amides is 1. The van der Waals surface area contributed by atoms with Crippen LogP contribution < -0.4 is 5.32 Å². The first kappa shape index (κ1) is 14.5. The summed E-state index contributed by atoms with van der Waals surface area (Å²) in [5.41, 5.74) is 0.609. The number of hydrogen-bond donors (Lipinski definition) is 1. The van der Waals surface area contributed by atoms with Gasteiger partial charge in [0.2, 0.25) is 0 Å². The van der Waals surface area contributed by atoms with E-state index in [1.807, 2.05) is 11.8 Å². The van der Waals surface area contributed by atoms with Gasteiger partial charge in [0.1, 0.15) is 4.60 Å². The lowest BCUT2D eigenvalue weighted by Crippen LogP contribution is -2.24. The summed E-state index contributed by atoms with van der Waals surface area (Å²) in [6, 6.07) is 3.54. The fourth-order valence-corrected chi connectivity index (χ4v) is 2.09. The van der Waals surface area contributed by atoms with Crippen LogP contribution in [-0.2, 0) is 0 Å². The van der Waals surface area contributed by atoms with Crippen molar-refractivity contribution in [3.63, 3.8) is 0 Å². The maximum absolute atomic E-state index is 11.7. The van der Waals surface area contributed by atoms with E-state index < -0.39 is 0 Å². The fourth-order valence-electron chi connectivity index (χ4n) is 1.36. The first-order valence-corrected chi connectivity index (χ1v) is 7.81. The summed E-state index contributed by atoms with van der Waals surface area (Å²) in [6.45, 7) is 0.739. The minimum Gasteiger partial charge on any atom is -0.352 e. The average molecular weight is 317 g/mol. The highest BCUT2D eigenvalue weighted by molar-refractivity contribution is 9.10. The van der Waals surface area contributed by atoms with Crippen LogP contribution in [0, 0.1) is 0 Å². The van der Waals surface area contributed by atoms with Gasteiger partial charge in [0, 0.05) is 12.7 Å². The van der Waals surface area contributed by atoms with Crippen LogP contribution in [0.4, 0.5) is 0 Å². The van der Waals surface area contributed by atoms with Crippen LogP contribution in [-0.4, -0.2) is 29.4 Å². The molecule has 94 valence electrons. The topological polar surface area (TPSA) is 42.0 Å². The fraction of sp³-hybridized carbons (Fsp3) is 0.500. The van der Waals surface area contributed by atoms with Crippen molar-refractivity contribution in [1.29, 1.82) is 0 Å². The maximum atomic E-state index is 11.7. The normalized spacial score (nSPS) is 10.2. The van der Waals surface area contributed by atoms with Crippen LogP contribution >= 0.6 is 27.7 Å². The minimum absolute atomic E-state index is 0.0464. The highest BCUT2D eigenvalue weighted by Crippen LogP contribution is 2.06. The second-order valence-corrected chi connectivity index (χ2v) is 5.48. The van der Waals surface area contributed by atoms with E-state index in [0.29, 0.717) is 5.56 Å². The van der Waals surface area contributed by atoms with Crippen molar-refractivity contribution in [2.75, 3.05) is 18.6 Å². The Morgan fingerprint density at radius 2 is 2.24 bits per heavy atom. The number of thioether (sulfide) groups is 1. The van der Waals surface area contributed by atoms with Crippen molar-refractivity contribution >= 4 is 33.6 Å². The first-order valence-electron chi connectivity index (χ1n) is 5.62. The van der Waals surface area contributed by atoms with Gasteiger partial charge in [-0.1, -0.05) is 6.42 Å². The van der Waals surface area contributed by atoms with Crippen molar-refractivity contribution in [2.45, 2.75) is 19.3 Å². The highest BCUT2D eigenvalue weighted by Gasteiger charge is 2.04. The SMILES string of the molecule is CSCCCCCNC(=O)c1ccc(Br)nc1. The third-order valence-electron chi connectivity index (χ3n) is 2.30. The molecule has 3 nitrogen and oxygen atoms in total. The standard InChI is InChI=1S/C12H17BrN2OS/c1-17-8-4-2-3-7-14-12(16)10-5-6-11(13)15-9-10/h5-6,9H,2-4,7-8H2,1H3,(H,14,16). The van der Waals surface area contributed by atoms with E-state index in [1.54, 1.807) is 18.3 Å². The molecule has 0 saturated heterocycles. The monoisotopic (exact) mass is 316 g/mol. The van der Waals surface area contributed by atoms with Gasteiger partial charge in [0.25, 0.3) is 5.91 Å². The Bertz CT molecular complexity index is 343. The molecule has 1 rings (SSSR count). The van der Waals surface area contributed by atoms with Gasteiger partial charge in [-0.25, -0.2) is 4.98 Å². The number of carbonyl (C=O) groups is 1. The number of nitrogens with one attached hydrogen (secondary N) is 1. The molecule has 1 aromatic heterocycles. The lowest BCUT2D eigenvalue weighted by molar-refractivity contribution is 0.0952. The second-order valence-electron chi connectivity index (χ2n) is 3.68. The first-order chi connectivity index (χ1) is 8.24. The van der Waals surface area contributed by atoms with Gasteiger partial charge in [-0.05, 0) is 52.9 Å².